The molecule has 1 aromatic carbocycles. The third-order valence-electron chi connectivity index (χ3n) is 2.61. The summed E-state index contributed by atoms with van der Waals surface area (Å²) < 4.78 is 5.72. The molecule has 0 aliphatic carbocycles. The van der Waals surface area contributed by atoms with Gasteiger partial charge in [0.15, 0.2) is 0 Å². The molecule has 0 saturated carbocycles. The van der Waals surface area contributed by atoms with E-state index in [-0.39, 0.29) is 5.41 Å². The van der Waals surface area contributed by atoms with Gasteiger partial charge in [0.2, 0.25) is 0 Å². The monoisotopic (exact) mass is 236 g/mol. The molecule has 0 aromatic heterocycles. The highest BCUT2D eigenvalue weighted by Crippen LogP contribution is 2.21. The van der Waals surface area contributed by atoms with Gasteiger partial charge in [-0.05, 0) is 30.9 Å². The average molecular weight is 236 g/mol. The van der Waals surface area contributed by atoms with Crippen LogP contribution < -0.4 is 4.74 Å². The topological polar surface area (TPSA) is 29.5 Å². The minimum absolute atomic E-state index is 0.269. The molecule has 1 aromatic rings. The molecule has 0 fully saturated rings. The number of benzene rings is 1. The van der Waals surface area contributed by atoms with Crippen molar-refractivity contribution in [2.45, 2.75) is 34.1 Å². The molecule has 0 radical (unpaired) electrons. The van der Waals surface area contributed by atoms with Crippen LogP contribution in [0.2, 0.25) is 0 Å². The van der Waals surface area contributed by atoms with Crippen molar-refractivity contribution in [3.8, 4) is 5.75 Å². The van der Waals surface area contributed by atoms with Gasteiger partial charge in [0.1, 0.15) is 5.75 Å². The van der Waals surface area contributed by atoms with Crippen molar-refractivity contribution in [2.24, 2.45) is 5.41 Å². The van der Waals surface area contributed by atoms with E-state index in [0.717, 1.165) is 25.0 Å². The van der Waals surface area contributed by atoms with Crippen LogP contribution in [0.1, 0.15) is 32.8 Å². The van der Waals surface area contributed by atoms with Gasteiger partial charge in [-0.25, -0.2) is 0 Å². The Morgan fingerprint density at radius 2 is 1.76 bits per heavy atom. The molecule has 0 aliphatic rings. The highest BCUT2D eigenvalue weighted by Gasteiger charge is 2.15. The molecule has 0 bridgehead atoms. The number of hydrogen-bond acceptors (Lipinski definition) is 2. The molecule has 0 spiro atoms. The zero-order chi connectivity index (χ0) is 13.3. The van der Waals surface area contributed by atoms with Crippen LogP contribution in [0.15, 0.2) is 37.1 Å². The Kier molecular flexibility index (Phi) is 7.11. The number of aliphatic hydroxyl groups is 1. The van der Waals surface area contributed by atoms with E-state index in [9.17, 15) is 0 Å². The van der Waals surface area contributed by atoms with Gasteiger partial charge in [-0.2, -0.15) is 0 Å². The van der Waals surface area contributed by atoms with Gasteiger partial charge < -0.3 is 9.84 Å². The molecule has 17 heavy (non-hydrogen) atoms. The lowest BCUT2D eigenvalue weighted by Crippen LogP contribution is -2.20. The zero-order valence-electron chi connectivity index (χ0n) is 11.4. The fraction of sp³-hybridized carbons (Fsp3) is 0.467. The third kappa shape index (κ3) is 7.45. The van der Waals surface area contributed by atoms with Crippen LogP contribution in [0.4, 0.5) is 0 Å². The third-order valence-corrected chi connectivity index (χ3v) is 2.61. The lowest BCUT2D eigenvalue weighted by atomic mass is 9.92. The molecule has 1 N–H and O–H groups in total. The maximum absolute atomic E-state index is 7.33. The molecule has 2 heteroatoms. The number of ether oxygens (including phenoxy) is 1. The van der Waals surface area contributed by atoms with Gasteiger partial charge in [0, 0.05) is 0 Å². The average Bonchev–Trinajstić information content (AvgIpc) is 2.30. The molecule has 0 unspecified atom stereocenters. The Balaban J connectivity index is 0.000000770. The maximum atomic E-state index is 7.33. The van der Waals surface area contributed by atoms with Crippen LogP contribution in [-0.2, 0) is 0 Å². The minimum atomic E-state index is 0.269. The molecule has 1 rings (SSSR count). The zero-order valence-corrected chi connectivity index (χ0v) is 11.4. The standard InChI is InChI=1S/C13H20O.C2H4O/c1-5-13(3,4)10-14-12-8-6-11(2)7-9-12;1-2-3/h6-9H,5,10H2,1-4H3;2-3H,1H2. The van der Waals surface area contributed by atoms with Crippen molar-refractivity contribution in [1.29, 1.82) is 0 Å². The minimum Gasteiger partial charge on any atom is -0.516 e. The SMILES string of the molecule is C=CO.CCC(C)(C)COc1ccc(C)cc1. The smallest absolute Gasteiger partial charge is 0.119 e. The van der Waals surface area contributed by atoms with Crippen LogP contribution in [0.25, 0.3) is 0 Å². The van der Waals surface area contributed by atoms with Crippen molar-refractivity contribution in [3.63, 3.8) is 0 Å². The molecule has 0 saturated heterocycles. The summed E-state index contributed by atoms with van der Waals surface area (Å²) in [5, 5.41) is 7.33. The van der Waals surface area contributed by atoms with Gasteiger partial charge in [-0.3, -0.25) is 0 Å². The molecular formula is C15H24O2. The van der Waals surface area contributed by atoms with E-state index >= 15 is 0 Å². The summed E-state index contributed by atoms with van der Waals surface area (Å²) in [7, 11) is 0. The Labute approximate surface area is 105 Å². The predicted molar refractivity (Wildman–Crippen MR) is 73.6 cm³/mol. The molecule has 0 amide bonds. The largest absolute Gasteiger partial charge is 0.516 e. The maximum Gasteiger partial charge on any atom is 0.119 e. The van der Waals surface area contributed by atoms with Crippen LogP contribution in [-0.4, -0.2) is 11.7 Å². The van der Waals surface area contributed by atoms with Crippen molar-refractivity contribution >= 4 is 0 Å². The molecule has 96 valence electrons. The molecule has 0 atom stereocenters. The van der Waals surface area contributed by atoms with Gasteiger partial charge in [0.05, 0.1) is 12.9 Å². The van der Waals surface area contributed by atoms with E-state index in [1.165, 1.54) is 5.56 Å². The molecule has 2 nitrogen and oxygen atoms in total. The number of aryl methyl sites for hydroxylation is 1. The first-order chi connectivity index (χ1) is 7.95. The van der Waals surface area contributed by atoms with Crippen molar-refractivity contribution < 1.29 is 9.84 Å². The quantitative estimate of drug-likeness (QED) is 0.780. The Hall–Kier alpha value is -1.44. The number of aliphatic hydroxyl groups excluding tert-OH is 1. The second kappa shape index (κ2) is 7.77. The lowest BCUT2D eigenvalue weighted by molar-refractivity contribution is 0.175. The summed E-state index contributed by atoms with van der Waals surface area (Å²) in [6, 6.07) is 8.21. The van der Waals surface area contributed by atoms with Crippen LogP contribution >= 0.6 is 0 Å². The van der Waals surface area contributed by atoms with E-state index in [2.05, 4.69) is 46.4 Å². The molecule has 0 aliphatic heterocycles. The first-order valence-electron chi connectivity index (χ1n) is 5.89. The Morgan fingerprint density at radius 1 is 1.29 bits per heavy atom. The highest BCUT2D eigenvalue weighted by atomic mass is 16.5. The van der Waals surface area contributed by atoms with Gasteiger partial charge in [-0.15, -0.1) is 0 Å². The summed E-state index contributed by atoms with van der Waals surface area (Å²) in [5.41, 5.74) is 1.54. The normalized spacial score (nSPS) is 10.1. The van der Waals surface area contributed by atoms with Gasteiger partial charge in [0.25, 0.3) is 0 Å². The van der Waals surface area contributed by atoms with Crippen LogP contribution in [0, 0.1) is 12.3 Å². The number of rotatable bonds is 4. The van der Waals surface area contributed by atoms with Crippen LogP contribution in [0.3, 0.4) is 0 Å². The van der Waals surface area contributed by atoms with E-state index < -0.39 is 0 Å². The van der Waals surface area contributed by atoms with Gasteiger partial charge >= 0.3 is 0 Å². The first-order valence-corrected chi connectivity index (χ1v) is 5.89. The van der Waals surface area contributed by atoms with Crippen molar-refractivity contribution in [1.82, 2.24) is 0 Å². The van der Waals surface area contributed by atoms with Crippen LogP contribution in [0.5, 0.6) is 5.75 Å². The second-order valence-electron chi connectivity index (χ2n) is 4.80. The first kappa shape index (κ1) is 15.6. The Morgan fingerprint density at radius 3 is 2.18 bits per heavy atom. The highest BCUT2D eigenvalue weighted by molar-refractivity contribution is 5.26. The van der Waals surface area contributed by atoms with E-state index in [0.29, 0.717) is 0 Å². The fourth-order valence-electron chi connectivity index (χ4n) is 1.02. The van der Waals surface area contributed by atoms with Crippen molar-refractivity contribution in [2.75, 3.05) is 6.61 Å². The molecule has 0 heterocycles. The van der Waals surface area contributed by atoms with Crippen molar-refractivity contribution in [3.05, 3.63) is 42.7 Å². The summed E-state index contributed by atoms with van der Waals surface area (Å²) in [6.07, 6.45) is 1.89. The second-order valence-corrected chi connectivity index (χ2v) is 4.80. The van der Waals surface area contributed by atoms with Gasteiger partial charge in [-0.1, -0.05) is 45.0 Å². The number of hydrogen-bond donors (Lipinski definition) is 1. The Bertz CT molecular complexity index is 312. The fourth-order valence-corrected chi connectivity index (χ4v) is 1.02. The molecular weight excluding hydrogens is 212 g/mol. The summed E-state index contributed by atoms with van der Waals surface area (Å²) in [6.45, 7) is 12.4. The van der Waals surface area contributed by atoms with E-state index in [1.807, 2.05) is 12.1 Å². The summed E-state index contributed by atoms with van der Waals surface area (Å²) >= 11 is 0. The predicted octanol–water partition coefficient (Wildman–Crippen LogP) is 4.50. The summed E-state index contributed by atoms with van der Waals surface area (Å²) in [4.78, 5) is 0. The summed E-state index contributed by atoms with van der Waals surface area (Å²) in [5.74, 6) is 0.970. The van der Waals surface area contributed by atoms with E-state index in [4.69, 9.17) is 9.84 Å². The van der Waals surface area contributed by atoms with E-state index in [1.54, 1.807) is 0 Å². The lowest BCUT2D eigenvalue weighted by Gasteiger charge is -2.22.